The Balaban J connectivity index is 1.74. The van der Waals surface area contributed by atoms with E-state index in [4.69, 9.17) is 9.15 Å². The molecule has 0 saturated heterocycles. The van der Waals surface area contributed by atoms with Crippen molar-refractivity contribution in [3.05, 3.63) is 83.3 Å². The van der Waals surface area contributed by atoms with Crippen molar-refractivity contribution in [1.29, 1.82) is 0 Å². The Hall–Kier alpha value is -3.68. The van der Waals surface area contributed by atoms with Crippen molar-refractivity contribution in [2.75, 3.05) is 0 Å². The second kappa shape index (κ2) is 9.64. The monoisotopic (exact) mass is 442 g/mol. The third kappa shape index (κ3) is 5.94. The maximum atomic E-state index is 13.8. The van der Waals surface area contributed by atoms with E-state index in [0.29, 0.717) is 11.1 Å². The zero-order valence-corrected chi connectivity index (χ0v) is 18.0. The number of carbonyl (C=O) groups excluding carboxylic acids is 2. The molecule has 1 heterocycles. The van der Waals surface area contributed by atoms with E-state index in [9.17, 15) is 18.4 Å². The smallest absolute Gasteiger partial charge is 0.407 e. The number of hydrogen-bond donors (Lipinski definition) is 2. The maximum absolute atomic E-state index is 13.8. The van der Waals surface area contributed by atoms with Gasteiger partial charge in [-0.15, -0.1) is 0 Å². The van der Waals surface area contributed by atoms with Crippen molar-refractivity contribution in [3.8, 4) is 11.1 Å². The molecule has 0 spiro atoms. The molecule has 0 atom stereocenters. The lowest BCUT2D eigenvalue weighted by Gasteiger charge is -2.20. The van der Waals surface area contributed by atoms with Crippen LogP contribution < -0.4 is 10.6 Å². The number of amides is 2. The van der Waals surface area contributed by atoms with E-state index in [-0.39, 0.29) is 24.4 Å². The SMILES string of the molecule is CC(C)(C)OC(=O)NCc1ccccc1-c1ccoc1C(=O)NCc1ccc(F)cc1F. The molecule has 2 N–H and O–H groups in total. The minimum atomic E-state index is -0.747. The highest BCUT2D eigenvalue weighted by Gasteiger charge is 2.20. The molecular weight excluding hydrogens is 418 g/mol. The summed E-state index contributed by atoms with van der Waals surface area (Å²) in [6, 6.07) is 12.0. The van der Waals surface area contributed by atoms with Crippen molar-refractivity contribution < 1.29 is 27.5 Å². The fraction of sp³-hybridized carbons (Fsp3) is 0.250. The highest BCUT2D eigenvalue weighted by Crippen LogP contribution is 2.28. The Morgan fingerprint density at radius 3 is 2.38 bits per heavy atom. The summed E-state index contributed by atoms with van der Waals surface area (Å²) in [5.41, 5.74) is 1.48. The van der Waals surface area contributed by atoms with E-state index in [1.165, 1.54) is 12.3 Å². The minimum absolute atomic E-state index is 0.0391. The van der Waals surface area contributed by atoms with Gasteiger partial charge in [0.1, 0.15) is 17.2 Å². The molecule has 3 rings (SSSR count). The lowest BCUT2D eigenvalue weighted by Crippen LogP contribution is -2.32. The summed E-state index contributed by atoms with van der Waals surface area (Å²) < 4.78 is 37.5. The standard InChI is InChI=1S/C24H24F2N2O4/c1-24(2,3)32-23(30)28-13-15-6-4-5-7-18(15)19-10-11-31-21(19)22(29)27-14-16-8-9-17(25)12-20(16)26/h4-12H,13-14H2,1-3H3,(H,27,29)(H,28,30). The topological polar surface area (TPSA) is 80.6 Å². The number of furan rings is 1. The summed E-state index contributed by atoms with van der Waals surface area (Å²) in [6.45, 7) is 5.36. The largest absolute Gasteiger partial charge is 0.459 e. The summed E-state index contributed by atoms with van der Waals surface area (Å²) in [4.78, 5) is 24.7. The van der Waals surface area contributed by atoms with Gasteiger partial charge in [-0.1, -0.05) is 30.3 Å². The minimum Gasteiger partial charge on any atom is -0.459 e. The van der Waals surface area contributed by atoms with Gasteiger partial charge < -0.3 is 19.8 Å². The quantitative estimate of drug-likeness (QED) is 0.551. The molecule has 168 valence electrons. The lowest BCUT2D eigenvalue weighted by atomic mass is 9.99. The van der Waals surface area contributed by atoms with Crippen LogP contribution in [0, 0.1) is 11.6 Å². The molecule has 2 amide bonds. The van der Waals surface area contributed by atoms with Crippen molar-refractivity contribution in [2.45, 2.75) is 39.5 Å². The van der Waals surface area contributed by atoms with Crippen LogP contribution in [0.4, 0.5) is 13.6 Å². The van der Waals surface area contributed by atoms with E-state index in [1.807, 2.05) is 12.1 Å². The van der Waals surface area contributed by atoms with Gasteiger partial charge in [-0.05, 0) is 44.0 Å². The summed E-state index contributed by atoms with van der Waals surface area (Å²) >= 11 is 0. The first-order valence-electron chi connectivity index (χ1n) is 9.99. The van der Waals surface area contributed by atoms with E-state index in [1.54, 1.807) is 39.0 Å². The Labute approximate surface area is 184 Å². The Morgan fingerprint density at radius 2 is 1.66 bits per heavy atom. The first-order valence-corrected chi connectivity index (χ1v) is 9.99. The highest BCUT2D eigenvalue weighted by atomic mass is 19.1. The first kappa shape index (κ1) is 23.0. The Kier molecular flexibility index (Phi) is 6.92. The van der Waals surface area contributed by atoms with Crippen molar-refractivity contribution >= 4 is 12.0 Å². The molecule has 6 nitrogen and oxygen atoms in total. The maximum Gasteiger partial charge on any atom is 0.407 e. The van der Waals surface area contributed by atoms with Gasteiger partial charge >= 0.3 is 6.09 Å². The average molecular weight is 442 g/mol. The molecule has 0 aliphatic carbocycles. The predicted octanol–water partition coefficient (Wildman–Crippen LogP) is 5.18. The number of rotatable bonds is 6. The molecule has 0 aliphatic rings. The number of benzene rings is 2. The van der Waals surface area contributed by atoms with Gasteiger partial charge in [-0.25, -0.2) is 13.6 Å². The van der Waals surface area contributed by atoms with Crippen LogP contribution in [0.25, 0.3) is 11.1 Å². The number of nitrogens with one attached hydrogen (secondary N) is 2. The van der Waals surface area contributed by atoms with Crippen LogP contribution in [-0.2, 0) is 17.8 Å². The molecule has 8 heteroatoms. The fourth-order valence-electron chi connectivity index (χ4n) is 3.04. The third-order valence-electron chi connectivity index (χ3n) is 4.46. The van der Waals surface area contributed by atoms with Crippen LogP contribution in [0.15, 0.2) is 59.2 Å². The number of alkyl carbamates (subject to hydrolysis) is 1. The van der Waals surface area contributed by atoms with Crippen LogP contribution in [0.1, 0.15) is 42.5 Å². The molecule has 2 aromatic carbocycles. The lowest BCUT2D eigenvalue weighted by molar-refractivity contribution is 0.0523. The van der Waals surface area contributed by atoms with Gasteiger partial charge in [0.25, 0.3) is 5.91 Å². The van der Waals surface area contributed by atoms with Gasteiger partial charge in [-0.3, -0.25) is 4.79 Å². The molecule has 0 fully saturated rings. The molecule has 0 unspecified atom stereocenters. The second-order valence-corrected chi connectivity index (χ2v) is 8.09. The van der Waals surface area contributed by atoms with Gasteiger partial charge in [0.2, 0.25) is 0 Å². The Morgan fingerprint density at radius 1 is 0.938 bits per heavy atom. The van der Waals surface area contributed by atoms with Crippen molar-refractivity contribution in [1.82, 2.24) is 10.6 Å². The molecule has 1 aromatic heterocycles. The van der Waals surface area contributed by atoms with Crippen LogP contribution in [0.5, 0.6) is 0 Å². The average Bonchev–Trinajstić information content (AvgIpc) is 3.20. The Bertz CT molecular complexity index is 1120. The van der Waals surface area contributed by atoms with Crippen LogP contribution in [-0.4, -0.2) is 17.6 Å². The van der Waals surface area contributed by atoms with Crippen molar-refractivity contribution in [2.24, 2.45) is 0 Å². The number of hydrogen-bond acceptors (Lipinski definition) is 4. The summed E-state index contributed by atoms with van der Waals surface area (Å²) in [5, 5.41) is 5.28. The molecule has 0 bridgehead atoms. The van der Waals surface area contributed by atoms with E-state index in [0.717, 1.165) is 17.7 Å². The zero-order chi connectivity index (χ0) is 23.3. The van der Waals surface area contributed by atoms with Gasteiger partial charge in [0, 0.05) is 30.3 Å². The van der Waals surface area contributed by atoms with E-state index in [2.05, 4.69) is 10.6 Å². The number of carbonyl (C=O) groups is 2. The second-order valence-electron chi connectivity index (χ2n) is 8.09. The van der Waals surface area contributed by atoms with E-state index >= 15 is 0 Å². The number of ether oxygens (including phenoxy) is 1. The van der Waals surface area contributed by atoms with Crippen LogP contribution >= 0.6 is 0 Å². The van der Waals surface area contributed by atoms with E-state index < -0.39 is 29.2 Å². The van der Waals surface area contributed by atoms with Gasteiger partial charge in [0.15, 0.2) is 5.76 Å². The molecule has 0 saturated carbocycles. The van der Waals surface area contributed by atoms with Gasteiger partial charge in [0.05, 0.1) is 6.26 Å². The fourth-order valence-corrected chi connectivity index (χ4v) is 3.04. The molecule has 3 aromatic rings. The summed E-state index contributed by atoms with van der Waals surface area (Å²) in [7, 11) is 0. The normalized spacial score (nSPS) is 11.2. The molecule has 32 heavy (non-hydrogen) atoms. The first-order chi connectivity index (χ1) is 15.1. The molecule has 0 aliphatic heterocycles. The molecular formula is C24H24F2N2O4. The third-order valence-corrected chi connectivity index (χ3v) is 4.46. The van der Waals surface area contributed by atoms with Crippen molar-refractivity contribution in [3.63, 3.8) is 0 Å². The highest BCUT2D eigenvalue weighted by molar-refractivity contribution is 5.98. The summed E-state index contributed by atoms with van der Waals surface area (Å²) in [6.07, 6.45) is 0.819. The zero-order valence-electron chi connectivity index (χ0n) is 18.0. The van der Waals surface area contributed by atoms with Gasteiger partial charge in [-0.2, -0.15) is 0 Å². The van der Waals surface area contributed by atoms with Crippen LogP contribution in [0.2, 0.25) is 0 Å². The summed E-state index contributed by atoms with van der Waals surface area (Å²) in [5.74, 6) is -1.95. The molecule has 0 radical (unpaired) electrons. The van der Waals surface area contributed by atoms with Crippen LogP contribution in [0.3, 0.4) is 0 Å². The predicted molar refractivity (Wildman–Crippen MR) is 115 cm³/mol. The number of halogens is 2.